The molecule has 0 fully saturated rings. The fraction of sp³-hybridized carbons (Fsp3) is 0.675. The molecular formula is C80H134N12O20. The molecule has 0 heterocycles. The highest BCUT2D eigenvalue weighted by Gasteiger charge is 2.10. The zero-order chi connectivity index (χ0) is 82.1. The lowest BCUT2D eigenvalue weighted by Gasteiger charge is -2.08. The van der Waals surface area contributed by atoms with Gasteiger partial charge in [0.15, 0.2) is 0 Å². The molecule has 0 radical (unpaired) electrons. The average Bonchev–Trinajstić information content (AvgIpc) is 0.918. The first-order valence-corrected chi connectivity index (χ1v) is 40.0. The molecule has 32 heteroatoms. The Labute approximate surface area is 664 Å². The van der Waals surface area contributed by atoms with Crippen molar-refractivity contribution in [1.29, 1.82) is 0 Å². The number of carbonyl (C=O) groups is 10. The fourth-order valence-corrected chi connectivity index (χ4v) is 9.45. The highest BCUT2D eigenvalue weighted by Crippen LogP contribution is 2.08. The molecule has 0 atom stereocenters. The van der Waals surface area contributed by atoms with Crippen molar-refractivity contribution in [2.24, 2.45) is 20.0 Å². The minimum atomic E-state index is -0.460. The molecule has 0 aliphatic rings. The van der Waals surface area contributed by atoms with E-state index < -0.39 is 36.6 Å². The Hall–Kier alpha value is -9.62. The number of hydrogen-bond acceptors (Lipinski definition) is 25. The summed E-state index contributed by atoms with van der Waals surface area (Å²) in [6.07, 6.45) is 28.4. The largest absolute Gasteiger partial charge is 0.466 e. The standard InChI is InChI=1S/C34H56N6O8.C23H34N4O6.C23H44N2O6/c1-3-4-13-24-46-32(42)38-19-10-7-8-12-21-40-34(44)48-26-23-36-28-30-16-14-29(15-17-30)27-35-22-25-47-33(43)39-20-11-6-5-9-18-37-31(41)45-2;1-19(28)32-15-13-24-17-20-7-9-21(10-8-20)18-25-14-16-33-23(30)27-12-6-4-3-5-11-26-22(29)31-2;1-3-4-11-18-29-21(26)14-7-8-15-22(27)30-19-12-13-20-31-23(28)25-17-10-6-5-9-16-24-2/h14-17,27-28H,3-13,18-26H2,1-2H3,(H,37,41)(H,38,42)(H,39,43)(H,40,44);7-10,17-18H,3-6,11-16H2,1-2H3,(H,26,29)(H,27,30);24H,3-20H2,1-2H3,(H,25,28). The maximum atomic E-state index is 11.8. The van der Waals surface area contributed by atoms with E-state index in [9.17, 15) is 47.9 Å². The lowest BCUT2D eigenvalue weighted by Crippen LogP contribution is -2.26. The Morgan fingerprint density at radius 3 is 0.768 bits per heavy atom. The van der Waals surface area contributed by atoms with Crippen molar-refractivity contribution in [2.45, 2.75) is 201 Å². The molecular weight excluding hydrogens is 1450 g/mol. The number of nitrogens with zero attached hydrogens (tertiary/aromatic N) is 4. The molecule has 32 nitrogen and oxygen atoms in total. The number of ether oxygens (including phenoxy) is 10. The van der Waals surface area contributed by atoms with Gasteiger partial charge in [-0.15, -0.1) is 0 Å². The zero-order valence-corrected chi connectivity index (χ0v) is 67.8. The summed E-state index contributed by atoms with van der Waals surface area (Å²) in [5, 5.41) is 22.0. The van der Waals surface area contributed by atoms with Crippen LogP contribution < -0.4 is 42.5 Å². The molecule has 8 N–H and O–H groups in total. The molecule has 0 saturated heterocycles. The first-order chi connectivity index (χ1) is 54.5. The van der Waals surface area contributed by atoms with E-state index >= 15 is 0 Å². The van der Waals surface area contributed by atoms with Crippen LogP contribution in [-0.2, 0) is 61.8 Å². The Kier molecular flexibility index (Phi) is 71.4. The second-order valence-electron chi connectivity index (χ2n) is 25.5. The van der Waals surface area contributed by atoms with Gasteiger partial charge in [-0.05, 0) is 126 Å². The van der Waals surface area contributed by atoms with Gasteiger partial charge >= 0.3 is 60.6 Å². The molecule has 0 aromatic heterocycles. The van der Waals surface area contributed by atoms with E-state index in [0.29, 0.717) is 137 Å². The highest BCUT2D eigenvalue weighted by molar-refractivity contribution is 5.85. The van der Waals surface area contributed by atoms with Gasteiger partial charge in [0, 0.05) is 90.4 Å². The van der Waals surface area contributed by atoms with Crippen molar-refractivity contribution < 1.29 is 95.3 Å². The van der Waals surface area contributed by atoms with Gasteiger partial charge in [0.1, 0.15) is 26.4 Å². The predicted molar refractivity (Wildman–Crippen MR) is 433 cm³/mol. The van der Waals surface area contributed by atoms with Crippen LogP contribution in [0.5, 0.6) is 0 Å². The molecule has 634 valence electrons. The van der Waals surface area contributed by atoms with Gasteiger partial charge in [-0.25, -0.2) is 33.6 Å². The summed E-state index contributed by atoms with van der Waals surface area (Å²) in [5.41, 5.74) is 3.69. The molecule has 0 aliphatic carbocycles. The van der Waals surface area contributed by atoms with E-state index in [1.807, 2.05) is 55.6 Å². The van der Waals surface area contributed by atoms with E-state index in [2.05, 4.69) is 85.8 Å². The molecule has 0 bridgehead atoms. The van der Waals surface area contributed by atoms with Crippen molar-refractivity contribution in [3.8, 4) is 0 Å². The Morgan fingerprint density at radius 2 is 0.518 bits per heavy atom. The quantitative estimate of drug-likeness (QED) is 0.0132. The second-order valence-corrected chi connectivity index (χ2v) is 25.5. The topological polar surface area (TPSA) is 409 Å². The van der Waals surface area contributed by atoms with E-state index in [0.717, 1.165) is 170 Å². The number of hydrogen-bond donors (Lipinski definition) is 8. The molecule has 0 saturated carbocycles. The third-order valence-corrected chi connectivity index (χ3v) is 15.7. The summed E-state index contributed by atoms with van der Waals surface area (Å²) in [6, 6.07) is 15.3. The number of esters is 3. The maximum Gasteiger partial charge on any atom is 0.407 e. The van der Waals surface area contributed by atoms with E-state index in [1.54, 1.807) is 24.9 Å². The van der Waals surface area contributed by atoms with E-state index in [-0.39, 0.29) is 50.4 Å². The molecule has 7 amide bonds. The highest BCUT2D eigenvalue weighted by atomic mass is 16.6. The minimum Gasteiger partial charge on any atom is -0.466 e. The van der Waals surface area contributed by atoms with Gasteiger partial charge < -0.3 is 89.9 Å². The van der Waals surface area contributed by atoms with Crippen LogP contribution in [0.2, 0.25) is 0 Å². The lowest BCUT2D eigenvalue weighted by atomic mass is 10.1. The smallest absolute Gasteiger partial charge is 0.407 e. The van der Waals surface area contributed by atoms with Crippen molar-refractivity contribution >= 4 is 85.4 Å². The fourth-order valence-electron chi connectivity index (χ4n) is 9.45. The molecule has 0 unspecified atom stereocenters. The predicted octanol–water partition coefficient (Wildman–Crippen LogP) is 12.2. The van der Waals surface area contributed by atoms with Crippen LogP contribution in [0.4, 0.5) is 33.6 Å². The molecule has 2 rings (SSSR count). The molecule has 2 aromatic carbocycles. The minimum absolute atomic E-state index is 0.185. The normalized spacial score (nSPS) is 10.8. The number of alkyl carbamates (subject to hydrolysis) is 7. The molecule has 0 spiro atoms. The number of carbonyl (C=O) groups excluding carboxylic acids is 10. The van der Waals surface area contributed by atoms with Crippen molar-refractivity contribution in [2.75, 3.05) is 153 Å². The number of nitrogens with one attached hydrogen (secondary N) is 8. The maximum absolute atomic E-state index is 11.8. The lowest BCUT2D eigenvalue weighted by molar-refractivity contribution is -0.146. The van der Waals surface area contributed by atoms with Crippen LogP contribution in [0.1, 0.15) is 223 Å². The summed E-state index contributed by atoms with van der Waals surface area (Å²) < 4.78 is 49.6. The van der Waals surface area contributed by atoms with Crippen LogP contribution in [-0.4, -0.2) is 238 Å². The summed E-state index contributed by atoms with van der Waals surface area (Å²) in [7, 11) is 4.61. The van der Waals surface area contributed by atoms with Crippen molar-refractivity contribution in [1.82, 2.24) is 42.5 Å². The van der Waals surface area contributed by atoms with Crippen molar-refractivity contribution in [3.05, 3.63) is 70.8 Å². The Bertz CT molecular complexity index is 2870. The number of unbranched alkanes of at least 4 members (excludes halogenated alkanes) is 18. The Morgan fingerprint density at radius 1 is 0.286 bits per heavy atom. The van der Waals surface area contributed by atoms with E-state index in [1.165, 1.54) is 21.1 Å². The first-order valence-electron chi connectivity index (χ1n) is 40.0. The zero-order valence-electron chi connectivity index (χ0n) is 67.8. The van der Waals surface area contributed by atoms with Gasteiger partial charge in [-0.1, -0.05) is 139 Å². The third kappa shape index (κ3) is 73.2. The van der Waals surface area contributed by atoms with Crippen LogP contribution >= 0.6 is 0 Å². The summed E-state index contributed by atoms with van der Waals surface area (Å²) >= 11 is 0. The van der Waals surface area contributed by atoms with Gasteiger partial charge in [0.25, 0.3) is 0 Å². The van der Waals surface area contributed by atoms with Gasteiger partial charge in [0.2, 0.25) is 0 Å². The monoisotopic (exact) mass is 1580 g/mol. The van der Waals surface area contributed by atoms with Crippen LogP contribution in [0.3, 0.4) is 0 Å². The summed E-state index contributed by atoms with van der Waals surface area (Å²) in [4.78, 5) is 131. The number of aliphatic imine (C=N–C) groups is 4. The molecule has 112 heavy (non-hydrogen) atoms. The van der Waals surface area contributed by atoms with Gasteiger partial charge in [-0.2, -0.15) is 0 Å². The average molecular weight is 1580 g/mol. The number of benzene rings is 2. The third-order valence-electron chi connectivity index (χ3n) is 15.7. The number of methoxy groups -OCH3 is 2. The van der Waals surface area contributed by atoms with Crippen molar-refractivity contribution in [3.63, 3.8) is 0 Å². The van der Waals surface area contributed by atoms with Gasteiger partial charge in [0.05, 0.1) is 66.8 Å². The summed E-state index contributed by atoms with van der Waals surface area (Å²) in [6.45, 7) is 14.5. The van der Waals surface area contributed by atoms with Crippen LogP contribution in [0.25, 0.3) is 0 Å². The van der Waals surface area contributed by atoms with E-state index in [4.69, 9.17) is 37.9 Å². The SMILES string of the molecule is CCCCCOC(=O)CCCCC(=O)OCCCCOC(=O)NCCCCCCNC.CCCCCOC(=O)NCCCCCCNC(=O)OCCN=Cc1ccc(C=NCCOC(=O)NCCCCCCNC(=O)OC)cc1.COC(=O)NCCCCCCNC(=O)OCCN=Cc1ccc(C=NCCOC(C)=O)cc1. The van der Waals surface area contributed by atoms with Crippen LogP contribution in [0, 0.1) is 0 Å². The first kappa shape index (κ1) is 102. The number of rotatable bonds is 62. The second kappa shape index (κ2) is 78.1. The summed E-state index contributed by atoms with van der Waals surface area (Å²) in [5.74, 6) is -0.766. The molecule has 2 aromatic rings. The number of amides is 7. The van der Waals surface area contributed by atoms with Gasteiger partial charge in [-0.3, -0.25) is 34.4 Å². The molecule has 0 aliphatic heterocycles. The Balaban J connectivity index is 0.00000171. The van der Waals surface area contributed by atoms with Crippen LogP contribution in [0.15, 0.2) is 68.5 Å².